The Hall–Kier alpha value is -2.75. The normalized spacial score (nSPS) is 29.0. The molecule has 0 radical (unpaired) electrons. The Kier molecular flexibility index (Phi) is 4.42. The van der Waals surface area contributed by atoms with Crippen molar-refractivity contribution in [1.29, 1.82) is 0 Å². The summed E-state index contributed by atoms with van der Waals surface area (Å²) >= 11 is 1.12. The molecule has 1 N–H and O–H groups in total. The maximum absolute atomic E-state index is 12.9. The molecule has 4 aliphatic carbocycles. The molecule has 0 unspecified atom stereocenters. The second-order valence-corrected chi connectivity index (χ2v) is 9.73. The SMILES string of the molecule is COC(=O)c1sccc1NC(=O)c1nn(C23CC4CC(CC(C4)C2)C3)cc1[N+](=O)[O-]. The minimum Gasteiger partial charge on any atom is -0.465 e. The molecule has 9 nitrogen and oxygen atoms in total. The van der Waals surface area contributed by atoms with E-state index in [1.165, 1.54) is 32.6 Å². The van der Waals surface area contributed by atoms with Crippen LogP contribution in [0.2, 0.25) is 0 Å². The zero-order valence-corrected chi connectivity index (χ0v) is 17.3. The maximum Gasteiger partial charge on any atom is 0.350 e. The second kappa shape index (κ2) is 6.90. The fourth-order valence-corrected chi connectivity index (χ4v) is 6.85. The van der Waals surface area contributed by atoms with Gasteiger partial charge in [0.15, 0.2) is 0 Å². The Balaban J connectivity index is 1.47. The highest BCUT2D eigenvalue weighted by molar-refractivity contribution is 7.12. The molecular weight excluding hydrogens is 408 g/mol. The van der Waals surface area contributed by atoms with Gasteiger partial charge in [0, 0.05) is 0 Å². The quantitative estimate of drug-likeness (QED) is 0.438. The van der Waals surface area contributed by atoms with Gasteiger partial charge in [-0.05, 0) is 67.7 Å². The maximum atomic E-state index is 12.9. The lowest BCUT2D eigenvalue weighted by molar-refractivity contribution is -0.385. The van der Waals surface area contributed by atoms with Gasteiger partial charge in [-0.25, -0.2) is 4.79 Å². The third-order valence-corrected chi connectivity index (χ3v) is 7.78. The molecule has 30 heavy (non-hydrogen) atoms. The molecule has 4 bridgehead atoms. The summed E-state index contributed by atoms with van der Waals surface area (Å²) in [5, 5.41) is 20.4. The van der Waals surface area contributed by atoms with Gasteiger partial charge in [0.25, 0.3) is 5.91 Å². The third kappa shape index (κ3) is 3.01. The summed E-state index contributed by atoms with van der Waals surface area (Å²) in [6, 6.07) is 1.57. The Morgan fingerprint density at radius 1 is 1.27 bits per heavy atom. The van der Waals surface area contributed by atoms with Gasteiger partial charge in [0.05, 0.1) is 23.3 Å². The van der Waals surface area contributed by atoms with E-state index in [0.29, 0.717) is 17.8 Å². The van der Waals surface area contributed by atoms with Crippen molar-refractivity contribution < 1.29 is 19.2 Å². The number of thiophene rings is 1. The summed E-state index contributed by atoms with van der Waals surface area (Å²) in [6.07, 6.45) is 8.05. The van der Waals surface area contributed by atoms with Gasteiger partial charge in [0.2, 0.25) is 5.69 Å². The smallest absolute Gasteiger partial charge is 0.350 e. The van der Waals surface area contributed by atoms with E-state index < -0.39 is 16.8 Å². The lowest BCUT2D eigenvalue weighted by Gasteiger charge is -2.56. The molecule has 2 aromatic heterocycles. The summed E-state index contributed by atoms with van der Waals surface area (Å²) in [6.45, 7) is 0. The minimum absolute atomic E-state index is 0.224. The number of rotatable bonds is 5. The fourth-order valence-electron chi connectivity index (χ4n) is 6.09. The highest BCUT2D eigenvalue weighted by Gasteiger charge is 2.53. The monoisotopic (exact) mass is 430 g/mol. The number of hydrogen-bond donors (Lipinski definition) is 1. The van der Waals surface area contributed by atoms with E-state index in [9.17, 15) is 19.7 Å². The number of anilines is 1. The molecule has 0 atom stereocenters. The topological polar surface area (TPSA) is 116 Å². The fraction of sp³-hybridized carbons (Fsp3) is 0.550. The van der Waals surface area contributed by atoms with Crippen LogP contribution in [0.3, 0.4) is 0 Å². The van der Waals surface area contributed by atoms with E-state index in [4.69, 9.17) is 4.74 Å². The molecule has 0 aromatic carbocycles. The number of nitrogens with zero attached hydrogens (tertiary/aromatic N) is 3. The third-order valence-electron chi connectivity index (χ3n) is 6.88. The minimum atomic E-state index is -0.700. The van der Waals surface area contributed by atoms with E-state index in [1.807, 2.05) is 0 Å². The molecule has 0 saturated heterocycles. The van der Waals surface area contributed by atoms with Crippen molar-refractivity contribution in [2.75, 3.05) is 12.4 Å². The van der Waals surface area contributed by atoms with Crippen LogP contribution in [0.5, 0.6) is 0 Å². The molecular formula is C20H22N4O5S. The van der Waals surface area contributed by atoms with Gasteiger partial charge in [-0.15, -0.1) is 11.3 Å². The van der Waals surface area contributed by atoms with Gasteiger partial charge in [-0.2, -0.15) is 5.10 Å². The molecule has 6 rings (SSSR count). The molecule has 0 aliphatic heterocycles. The second-order valence-electron chi connectivity index (χ2n) is 8.82. The Bertz CT molecular complexity index is 1010. The number of carbonyl (C=O) groups excluding carboxylic acids is 2. The van der Waals surface area contributed by atoms with Crippen LogP contribution in [0.15, 0.2) is 17.6 Å². The zero-order chi connectivity index (χ0) is 21.0. The van der Waals surface area contributed by atoms with Gasteiger partial charge < -0.3 is 10.1 Å². The molecule has 1 amide bonds. The van der Waals surface area contributed by atoms with E-state index in [2.05, 4.69) is 10.4 Å². The first-order valence-electron chi connectivity index (χ1n) is 10.1. The van der Waals surface area contributed by atoms with Gasteiger partial charge >= 0.3 is 11.7 Å². The van der Waals surface area contributed by atoms with Crippen molar-refractivity contribution in [3.05, 3.63) is 38.3 Å². The number of methoxy groups -OCH3 is 1. The van der Waals surface area contributed by atoms with Crippen LogP contribution in [0.25, 0.3) is 0 Å². The number of nitro groups is 1. The van der Waals surface area contributed by atoms with Crippen LogP contribution in [0.1, 0.15) is 58.7 Å². The van der Waals surface area contributed by atoms with E-state index in [1.54, 1.807) is 16.1 Å². The number of carbonyl (C=O) groups is 2. The highest BCUT2D eigenvalue weighted by atomic mass is 32.1. The van der Waals surface area contributed by atoms with E-state index in [-0.39, 0.29) is 27.5 Å². The summed E-state index contributed by atoms with van der Waals surface area (Å²) in [4.78, 5) is 36.1. The predicted octanol–water partition coefficient (Wildman–Crippen LogP) is 3.82. The van der Waals surface area contributed by atoms with Crippen LogP contribution in [0, 0.1) is 27.9 Å². The van der Waals surface area contributed by atoms with E-state index >= 15 is 0 Å². The van der Waals surface area contributed by atoms with Crippen LogP contribution >= 0.6 is 11.3 Å². The van der Waals surface area contributed by atoms with Crippen LogP contribution < -0.4 is 5.32 Å². The standard InChI is InChI=1S/C20H22N4O5S/c1-29-19(26)17-14(2-3-30-17)21-18(25)16-15(24(27)28)10-23(22-16)20-7-11-4-12(8-20)6-13(5-11)9-20/h2-3,10-13H,4-9H2,1H3,(H,21,25). The van der Waals surface area contributed by atoms with E-state index in [0.717, 1.165) is 30.6 Å². The molecule has 4 aliphatic rings. The van der Waals surface area contributed by atoms with Crippen LogP contribution in [-0.4, -0.2) is 33.7 Å². The lowest BCUT2D eigenvalue weighted by Crippen LogP contribution is -2.52. The molecule has 2 aromatic rings. The predicted molar refractivity (Wildman–Crippen MR) is 109 cm³/mol. The average Bonchev–Trinajstić information content (AvgIpc) is 3.34. The first-order chi connectivity index (χ1) is 14.4. The molecule has 10 heteroatoms. The number of esters is 1. The molecule has 2 heterocycles. The lowest BCUT2D eigenvalue weighted by atomic mass is 9.53. The Morgan fingerprint density at radius 3 is 2.47 bits per heavy atom. The summed E-state index contributed by atoms with van der Waals surface area (Å²) in [5.74, 6) is 0.656. The number of hydrogen-bond acceptors (Lipinski definition) is 7. The Labute approximate surface area is 176 Å². The van der Waals surface area contributed by atoms with Crippen LogP contribution in [0.4, 0.5) is 11.4 Å². The van der Waals surface area contributed by atoms with Crippen LogP contribution in [-0.2, 0) is 10.3 Å². The number of amides is 1. The molecule has 158 valence electrons. The number of aromatic nitrogens is 2. The van der Waals surface area contributed by atoms with Crippen molar-refractivity contribution in [3.63, 3.8) is 0 Å². The molecule has 0 spiro atoms. The summed E-state index contributed by atoms with van der Waals surface area (Å²) in [7, 11) is 1.26. The molecule has 4 fully saturated rings. The number of ether oxygens (including phenoxy) is 1. The van der Waals surface area contributed by atoms with Crippen molar-refractivity contribution in [1.82, 2.24) is 9.78 Å². The summed E-state index contributed by atoms with van der Waals surface area (Å²) in [5.41, 5.74) is -0.496. The zero-order valence-electron chi connectivity index (χ0n) is 16.5. The van der Waals surface area contributed by atoms with Crippen molar-refractivity contribution in [2.24, 2.45) is 17.8 Å². The summed E-state index contributed by atoms with van der Waals surface area (Å²) < 4.78 is 6.43. The van der Waals surface area contributed by atoms with Crippen molar-refractivity contribution in [2.45, 2.75) is 44.1 Å². The van der Waals surface area contributed by atoms with Gasteiger partial charge in [-0.1, -0.05) is 0 Å². The van der Waals surface area contributed by atoms with Gasteiger partial charge in [0.1, 0.15) is 11.1 Å². The first-order valence-corrected chi connectivity index (χ1v) is 11.0. The largest absolute Gasteiger partial charge is 0.465 e. The first kappa shape index (κ1) is 19.2. The number of nitrogens with one attached hydrogen (secondary N) is 1. The average molecular weight is 430 g/mol. The van der Waals surface area contributed by atoms with Crippen molar-refractivity contribution in [3.8, 4) is 0 Å². The Morgan fingerprint density at radius 2 is 1.90 bits per heavy atom. The van der Waals surface area contributed by atoms with Gasteiger partial charge in [-0.3, -0.25) is 19.6 Å². The molecule has 4 saturated carbocycles. The van der Waals surface area contributed by atoms with Crippen molar-refractivity contribution >= 4 is 34.6 Å². The highest BCUT2D eigenvalue weighted by Crippen LogP contribution is 2.58.